The zero-order valence-electron chi connectivity index (χ0n) is 15.8. The summed E-state index contributed by atoms with van der Waals surface area (Å²) < 4.78 is 11.1. The Kier molecular flexibility index (Phi) is 7.51. The lowest BCUT2D eigenvalue weighted by Gasteiger charge is -2.26. The van der Waals surface area contributed by atoms with Gasteiger partial charge in [-0.3, -0.25) is 4.79 Å². The molecule has 27 heavy (non-hydrogen) atoms. The van der Waals surface area contributed by atoms with Gasteiger partial charge in [0, 0.05) is 30.9 Å². The van der Waals surface area contributed by atoms with Gasteiger partial charge in [0.15, 0.2) is 0 Å². The van der Waals surface area contributed by atoms with E-state index in [2.05, 4.69) is 0 Å². The van der Waals surface area contributed by atoms with Crippen LogP contribution in [-0.4, -0.2) is 37.2 Å². The lowest BCUT2D eigenvalue weighted by Crippen LogP contribution is -2.37. The normalized spacial score (nSPS) is 15.9. The standard InChI is InChI=1S/C21H26N2O3.ClH/c1-15-8-9-17(22)12-20(15)21(24)23(14-19-7-4-10-26-19)13-16-5-3-6-18(11-16)25-2;/h3,5-6,8-9,11-12,19H,4,7,10,13-14,22H2,1-2H3;1H. The largest absolute Gasteiger partial charge is 0.497 e. The van der Waals surface area contributed by atoms with Gasteiger partial charge in [0.2, 0.25) is 0 Å². The first-order valence-electron chi connectivity index (χ1n) is 8.97. The zero-order valence-corrected chi connectivity index (χ0v) is 16.6. The smallest absolute Gasteiger partial charge is 0.254 e. The van der Waals surface area contributed by atoms with Crippen molar-refractivity contribution < 1.29 is 14.3 Å². The molecular formula is C21H27ClN2O3. The van der Waals surface area contributed by atoms with Crippen LogP contribution < -0.4 is 10.5 Å². The second-order valence-corrected chi connectivity index (χ2v) is 6.75. The molecule has 2 N–H and O–H groups in total. The fourth-order valence-corrected chi connectivity index (χ4v) is 3.28. The fraction of sp³-hybridized carbons (Fsp3) is 0.381. The van der Waals surface area contributed by atoms with E-state index in [4.69, 9.17) is 15.2 Å². The van der Waals surface area contributed by atoms with Crippen LogP contribution in [0.4, 0.5) is 5.69 Å². The molecule has 6 heteroatoms. The summed E-state index contributed by atoms with van der Waals surface area (Å²) in [5.74, 6) is 0.764. The molecule has 1 fully saturated rings. The van der Waals surface area contributed by atoms with Crippen LogP contribution in [0.25, 0.3) is 0 Å². The molecule has 0 aromatic heterocycles. The van der Waals surface area contributed by atoms with Gasteiger partial charge in [0.1, 0.15) is 5.75 Å². The van der Waals surface area contributed by atoms with Crippen LogP contribution in [0.5, 0.6) is 5.75 Å². The van der Waals surface area contributed by atoms with Gasteiger partial charge in [0.05, 0.1) is 13.2 Å². The number of methoxy groups -OCH3 is 1. The summed E-state index contributed by atoms with van der Waals surface area (Å²) in [6.45, 7) is 3.78. The highest BCUT2D eigenvalue weighted by molar-refractivity contribution is 5.96. The van der Waals surface area contributed by atoms with Crippen molar-refractivity contribution in [2.75, 3.05) is 26.0 Å². The van der Waals surface area contributed by atoms with Crippen LogP contribution in [0.3, 0.4) is 0 Å². The first-order valence-corrected chi connectivity index (χ1v) is 8.97. The average Bonchev–Trinajstić information content (AvgIpc) is 3.16. The highest BCUT2D eigenvalue weighted by Crippen LogP contribution is 2.21. The molecule has 1 aliphatic rings. The van der Waals surface area contributed by atoms with Crippen LogP contribution in [0.15, 0.2) is 42.5 Å². The third kappa shape index (κ3) is 5.37. The van der Waals surface area contributed by atoms with Gasteiger partial charge in [-0.2, -0.15) is 0 Å². The Morgan fingerprint density at radius 3 is 2.81 bits per heavy atom. The first-order chi connectivity index (χ1) is 12.6. The number of hydrogen-bond acceptors (Lipinski definition) is 4. The van der Waals surface area contributed by atoms with E-state index in [0.29, 0.717) is 24.3 Å². The molecule has 1 heterocycles. The number of amides is 1. The van der Waals surface area contributed by atoms with E-state index in [9.17, 15) is 4.79 Å². The maximum Gasteiger partial charge on any atom is 0.254 e. The van der Waals surface area contributed by atoms with Crippen LogP contribution in [-0.2, 0) is 11.3 Å². The van der Waals surface area contributed by atoms with E-state index in [0.717, 1.165) is 36.3 Å². The van der Waals surface area contributed by atoms with Crippen molar-refractivity contribution >= 4 is 24.0 Å². The Labute approximate surface area is 166 Å². The first kappa shape index (κ1) is 21.1. The van der Waals surface area contributed by atoms with Gasteiger partial charge in [-0.25, -0.2) is 0 Å². The zero-order chi connectivity index (χ0) is 18.5. The van der Waals surface area contributed by atoms with Gasteiger partial charge in [0.25, 0.3) is 5.91 Å². The number of nitrogens with two attached hydrogens (primary N) is 1. The van der Waals surface area contributed by atoms with E-state index in [1.165, 1.54) is 0 Å². The predicted octanol–water partition coefficient (Wildman–Crippen LogP) is 3.83. The SMILES string of the molecule is COc1cccc(CN(CC2CCCO2)C(=O)c2cc(N)ccc2C)c1.Cl. The van der Waals surface area contributed by atoms with Crippen LogP contribution in [0.2, 0.25) is 0 Å². The number of benzene rings is 2. The van der Waals surface area contributed by atoms with E-state index in [1.807, 2.05) is 48.2 Å². The summed E-state index contributed by atoms with van der Waals surface area (Å²) >= 11 is 0. The minimum atomic E-state index is -0.0203. The topological polar surface area (TPSA) is 64.8 Å². The third-order valence-electron chi connectivity index (χ3n) is 4.73. The van der Waals surface area contributed by atoms with Crippen molar-refractivity contribution in [1.29, 1.82) is 0 Å². The maximum absolute atomic E-state index is 13.2. The lowest BCUT2D eigenvalue weighted by atomic mass is 10.1. The average molecular weight is 391 g/mol. The van der Waals surface area contributed by atoms with E-state index in [-0.39, 0.29) is 24.4 Å². The van der Waals surface area contributed by atoms with E-state index in [1.54, 1.807) is 13.2 Å². The van der Waals surface area contributed by atoms with E-state index < -0.39 is 0 Å². The number of carbonyl (C=O) groups excluding carboxylic acids is 1. The van der Waals surface area contributed by atoms with Crippen molar-refractivity contribution in [3.05, 3.63) is 59.2 Å². The van der Waals surface area contributed by atoms with E-state index >= 15 is 0 Å². The number of hydrogen-bond donors (Lipinski definition) is 1. The molecule has 1 atom stereocenters. The van der Waals surface area contributed by atoms with Crippen molar-refractivity contribution in [2.45, 2.75) is 32.4 Å². The molecule has 1 unspecified atom stereocenters. The van der Waals surface area contributed by atoms with Crippen molar-refractivity contribution in [2.24, 2.45) is 0 Å². The van der Waals surface area contributed by atoms with Crippen molar-refractivity contribution in [3.8, 4) is 5.75 Å². The minimum Gasteiger partial charge on any atom is -0.497 e. The monoisotopic (exact) mass is 390 g/mol. The van der Waals surface area contributed by atoms with Gasteiger partial charge < -0.3 is 20.1 Å². The molecular weight excluding hydrogens is 364 g/mol. The second kappa shape index (κ2) is 9.62. The molecule has 1 saturated heterocycles. The highest BCUT2D eigenvalue weighted by Gasteiger charge is 2.24. The van der Waals surface area contributed by atoms with Crippen LogP contribution in [0.1, 0.15) is 34.3 Å². The Morgan fingerprint density at radius 2 is 2.11 bits per heavy atom. The molecule has 2 aromatic carbocycles. The Bertz CT molecular complexity index is 776. The fourth-order valence-electron chi connectivity index (χ4n) is 3.28. The molecule has 146 valence electrons. The summed E-state index contributed by atoms with van der Waals surface area (Å²) in [7, 11) is 1.64. The number of halogens is 1. The molecule has 1 aliphatic heterocycles. The van der Waals surface area contributed by atoms with Gasteiger partial charge in [-0.05, 0) is 55.2 Å². The second-order valence-electron chi connectivity index (χ2n) is 6.75. The highest BCUT2D eigenvalue weighted by atomic mass is 35.5. The molecule has 0 bridgehead atoms. The Morgan fingerprint density at radius 1 is 1.30 bits per heavy atom. The number of nitrogens with zero attached hydrogens (tertiary/aromatic N) is 1. The predicted molar refractivity (Wildman–Crippen MR) is 110 cm³/mol. The summed E-state index contributed by atoms with van der Waals surface area (Å²) in [6.07, 6.45) is 2.12. The van der Waals surface area contributed by atoms with Crippen molar-refractivity contribution in [1.82, 2.24) is 4.90 Å². The Hall–Kier alpha value is -2.24. The number of aryl methyl sites for hydroxylation is 1. The molecule has 0 radical (unpaired) electrons. The summed E-state index contributed by atoms with van der Waals surface area (Å²) in [4.78, 5) is 15.1. The summed E-state index contributed by atoms with van der Waals surface area (Å²) in [5.41, 5.74) is 9.10. The number of nitrogen functional groups attached to an aromatic ring is 1. The minimum absolute atomic E-state index is 0. The molecule has 0 spiro atoms. The van der Waals surface area contributed by atoms with Crippen LogP contribution in [0, 0.1) is 6.92 Å². The van der Waals surface area contributed by atoms with Crippen LogP contribution >= 0.6 is 12.4 Å². The maximum atomic E-state index is 13.2. The molecule has 1 amide bonds. The molecule has 3 rings (SSSR count). The lowest BCUT2D eigenvalue weighted by molar-refractivity contribution is 0.0506. The Balaban J connectivity index is 0.00000261. The third-order valence-corrected chi connectivity index (χ3v) is 4.73. The van der Waals surface area contributed by atoms with Gasteiger partial charge in [-0.1, -0.05) is 18.2 Å². The number of rotatable bonds is 6. The van der Waals surface area contributed by atoms with Crippen molar-refractivity contribution in [3.63, 3.8) is 0 Å². The number of ether oxygens (including phenoxy) is 2. The molecule has 2 aromatic rings. The molecule has 0 aliphatic carbocycles. The summed E-state index contributed by atoms with van der Waals surface area (Å²) in [5, 5.41) is 0. The molecule has 0 saturated carbocycles. The van der Waals surface area contributed by atoms with Gasteiger partial charge >= 0.3 is 0 Å². The summed E-state index contributed by atoms with van der Waals surface area (Å²) in [6, 6.07) is 13.3. The molecule has 5 nitrogen and oxygen atoms in total. The number of carbonyl (C=O) groups is 1. The quantitative estimate of drug-likeness (QED) is 0.761. The van der Waals surface area contributed by atoms with Gasteiger partial charge in [-0.15, -0.1) is 12.4 Å². The number of anilines is 1.